The number of hydrogen-bond donors (Lipinski definition) is 0. The maximum Gasteiger partial charge on any atom is 0.213 e. The summed E-state index contributed by atoms with van der Waals surface area (Å²) in [4.78, 5) is 4.03. The SMILES string of the molecule is [CH2]Cc1ccnc(OCC)c1. The summed E-state index contributed by atoms with van der Waals surface area (Å²) in [5.74, 6) is 0.689. The van der Waals surface area contributed by atoms with Crippen LogP contribution in [0.2, 0.25) is 0 Å². The molecule has 0 saturated carbocycles. The van der Waals surface area contributed by atoms with Crippen LogP contribution in [0.4, 0.5) is 0 Å². The van der Waals surface area contributed by atoms with Crippen molar-refractivity contribution < 1.29 is 4.74 Å². The highest BCUT2D eigenvalue weighted by molar-refractivity contribution is 5.20. The van der Waals surface area contributed by atoms with Crippen LogP contribution in [0.25, 0.3) is 0 Å². The zero-order valence-corrected chi connectivity index (χ0v) is 6.71. The maximum absolute atomic E-state index is 5.21. The Balaban J connectivity index is 2.74. The molecule has 0 aromatic carbocycles. The zero-order valence-electron chi connectivity index (χ0n) is 6.71. The third-order valence-electron chi connectivity index (χ3n) is 1.38. The fraction of sp³-hybridized carbons (Fsp3) is 0.333. The Hall–Kier alpha value is -1.05. The van der Waals surface area contributed by atoms with Crippen LogP contribution in [-0.2, 0) is 6.42 Å². The van der Waals surface area contributed by atoms with Gasteiger partial charge in [-0.25, -0.2) is 4.98 Å². The molecule has 1 aromatic heterocycles. The standard InChI is InChI=1S/C9H12NO/c1-3-8-5-6-10-9(7-8)11-4-2/h5-7H,1,3-4H2,2H3. The van der Waals surface area contributed by atoms with Crippen molar-refractivity contribution in [1.29, 1.82) is 0 Å². The molecule has 1 aromatic rings. The van der Waals surface area contributed by atoms with E-state index in [-0.39, 0.29) is 0 Å². The van der Waals surface area contributed by atoms with Crippen LogP contribution >= 0.6 is 0 Å². The van der Waals surface area contributed by atoms with E-state index in [1.165, 1.54) is 0 Å². The van der Waals surface area contributed by atoms with E-state index in [1.54, 1.807) is 6.20 Å². The zero-order chi connectivity index (χ0) is 8.10. The molecule has 0 saturated heterocycles. The minimum atomic E-state index is 0.660. The Kier molecular flexibility index (Phi) is 2.90. The largest absolute Gasteiger partial charge is 0.478 e. The molecule has 0 atom stereocenters. The number of aromatic nitrogens is 1. The summed E-state index contributed by atoms with van der Waals surface area (Å²) in [6, 6.07) is 3.85. The van der Waals surface area contributed by atoms with Gasteiger partial charge in [0.15, 0.2) is 0 Å². The average molecular weight is 150 g/mol. The molecule has 0 fully saturated rings. The van der Waals surface area contributed by atoms with Crippen LogP contribution in [0.1, 0.15) is 12.5 Å². The number of rotatable bonds is 3. The summed E-state index contributed by atoms with van der Waals surface area (Å²) in [6.07, 6.45) is 2.52. The first-order valence-corrected chi connectivity index (χ1v) is 3.73. The summed E-state index contributed by atoms with van der Waals surface area (Å²) in [5.41, 5.74) is 1.16. The van der Waals surface area contributed by atoms with Gasteiger partial charge in [0.05, 0.1) is 6.61 Å². The molecule has 11 heavy (non-hydrogen) atoms. The first-order valence-electron chi connectivity index (χ1n) is 3.73. The van der Waals surface area contributed by atoms with Gasteiger partial charge in [0.25, 0.3) is 0 Å². The van der Waals surface area contributed by atoms with Gasteiger partial charge in [-0.3, -0.25) is 0 Å². The van der Waals surface area contributed by atoms with Crippen LogP contribution < -0.4 is 4.74 Å². The Morgan fingerprint density at radius 3 is 3.09 bits per heavy atom. The van der Waals surface area contributed by atoms with Gasteiger partial charge in [-0.2, -0.15) is 0 Å². The van der Waals surface area contributed by atoms with E-state index in [9.17, 15) is 0 Å². The molecule has 1 rings (SSSR count). The van der Waals surface area contributed by atoms with Crippen molar-refractivity contribution >= 4 is 0 Å². The molecule has 1 radical (unpaired) electrons. The van der Waals surface area contributed by atoms with Gasteiger partial charge in [-0.15, -0.1) is 0 Å². The third kappa shape index (κ3) is 2.22. The van der Waals surface area contributed by atoms with E-state index in [0.717, 1.165) is 12.0 Å². The number of ether oxygens (including phenoxy) is 1. The molecule has 59 valence electrons. The topological polar surface area (TPSA) is 22.1 Å². The Morgan fingerprint density at radius 2 is 2.45 bits per heavy atom. The quantitative estimate of drug-likeness (QED) is 0.656. The number of pyridine rings is 1. The van der Waals surface area contributed by atoms with Gasteiger partial charge in [-0.05, 0) is 31.9 Å². The van der Waals surface area contributed by atoms with E-state index in [4.69, 9.17) is 4.74 Å². The second-order valence-corrected chi connectivity index (χ2v) is 2.19. The van der Waals surface area contributed by atoms with Crippen molar-refractivity contribution in [1.82, 2.24) is 4.98 Å². The highest BCUT2D eigenvalue weighted by atomic mass is 16.5. The molecule has 0 bridgehead atoms. The normalized spacial score (nSPS) is 9.64. The van der Waals surface area contributed by atoms with Gasteiger partial charge >= 0.3 is 0 Å². The molecule has 0 aliphatic carbocycles. The molecular formula is C9H12NO. The maximum atomic E-state index is 5.21. The molecule has 0 spiro atoms. The first-order chi connectivity index (χ1) is 5.36. The minimum absolute atomic E-state index is 0.660. The number of hydrogen-bond acceptors (Lipinski definition) is 2. The predicted molar refractivity (Wildman–Crippen MR) is 44.5 cm³/mol. The Morgan fingerprint density at radius 1 is 1.64 bits per heavy atom. The van der Waals surface area contributed by atoms with Gasteiger partial charge in [0.1, 0.15) is 0 Å². The van der Waals surface area contributed by atoms with E-state index in [0.29, 0.717) is 12.5 Å². The minimum Gasteiger partial charge on any atom is -0.478 e. The molecule has 0 unspecified atom stereocenters. The summed E-state index contributed by atoms with van der Waals surface area (Å²) < 4.78 is 5.21. The molecule has 0 aliphatic heterocycles. The van der Waals surface area contributed by atoms with E-state index >= 15 is 0 Å². The molecule has 0 N–H and O–H groups in total. The lowest BCUT2D eigenvalue weighted by Gasteiger charge is -2.01. The average Bonchev–Trinajstić information content (AvgIpc) is 2.06. The van der Waals surface area contributed by atoms with E-state index in [1.807, 2.05) is 19.1 Å². The molecule has 0 aliphatic rings. The molecule has 0 amide bonds. The van der Waals surface area contributed by atoms with Crippen LogP contribution in [0, 0.1) is 6.92 Å². The van der Waals surface area contributed by atoms with Crippen molar-refractivity contribution in [2.75, 3.05) is 6.61 Å². The lowest BCUT2D eigenvalue weighted by atomic mass is 10.2. The molecule has 1 heterocycles. The van der Waals surface area contributed by atoms with Gasteiger partial charge in [0, 0.05) is 12.3 Å². The van der Waals surface area contributed by atoms with E-state index < -0.39 is 0 Å². The molecule has 2 nitrogen and oxygen atoms in total. The van der Waals surface area contributed by atoms with Gasteiger partial charge in [-0.1, -0.05) is 0 Å². The van der Waals surface area contributed by atoms with Gasteiger partial charge < -0.3 is 4.74 Å². The smallest absolute Gasteiger partial charge is 0.213 e. The molecular weight excluding hydrogens is 138 g/mol. The second kappa shape index (κ2) is 3.96. The Bertz CT molecular complexity index is 223. The summed E-state index contributed by atoms with van der Waals surface area (Å²) in [5, 5.41) is 0. The predicted octanol–water partition coefficient (Wildman–Crippen LogP) is 1.86. The summed E-state index contributed by atoms with van der Waals surface area (Å²) >= 11 is 0. The van der Waals surface area contributed by atoms with Crippen LogP contribution in [0.5, 0.6) is 5.88 Å². The lowest BCUT2D eigenvalue weighted by Crippen LogP contribution is -1.94. The second-order valence-electron chi connectivity index (χ2n) is 2.19. The van der Waals surface area contributed by atoms with E-state index in [2.05, 4.69) is 11.9 Å². The van der Waals surface area contributed by atoms with Crippen molar-refractivity contribution in [3.05, 3.63) is 30.8 Å². The fourth-order valence-electron chi connectivity index (χ4n) is 0.833. The monoisotopic (exact) mass is 150 g/mol. The summed E-state index contributed by atoms with van der Waals surface area (Å²) in [6.45, 7) is 6.38. The molecule has 2 heteroatoms. The van der Waals surface area contributed by atoms with Gasteiger partial charge in [0.2, 0.25) is 5.88 Å². The van der Waals surface area contributed by atoms with Crippen molar-refractivity contribution in [2.45, 2.75) is 13.3 Å². The van der Waals surface area contributed by atoms with Crippen molar-refractivity contribution in [3.8, 4) is 5.88 Å². The van der Waals surface area contributed by atoms with Crippen LogP contribution in [-0.4, -0.2) is 11.6 Å². The van der Waals surface area contributed by atoms with Crippen molar-refractivity contribution in [2.24, 2.45) is 0 Å². The highest BCUT2D eigenvalue weighted by Gasteiger charge is 1.93. The van der Waals surface area contributed by atoms with Crippen LogP contribution in [0.3, 0.4) is 0 Å². The fourth-order valence-corrected chi connectivity index (χ4v) is 0.833. The summed E-state index contributed by atoms with van der Waals surface area (Å²) in [7, 11) is 0. The number of nitrogens with zero attached hydrogens (tertiary/aromatic N) is 1. The lowest BCUT2D eigenvalue weighted by molar-refractivity contribution is 0.326. The van der Waals surface area contributed by atoms with Crippen LogP contribution in [0.15, 0.2) is 18.3 Å². The van der Waals surface area contributed by atoms with Crippen molar-refractivity contribution in [3.63, 3.8) is 0 Å². The first kappa shape index (κ1) is 8.05. The Labute approximate surface area is 67.2 Å². The highest BCUT2D eigenvalue weighted by Crippen LogP contribution is 2.08. The third-order valence-corrected chi connectivity index (χ3v) is 1.38.